The van der Waals surface area contributed by atoms with Crippen LogP contribution in [0.4, 0.5) is 5.69 Å². The van der Waals surface area contributed by atoms with Crippen LogP contribution in [-0.2, 0) is 7.05 Å². The van der Waals surface area contributed by atoms with E-state index < -0.39 is 0 Å². The largest absolute Gasteiger partial charge is 0.370 e. The minimum atomic E-state index is 1.12. The molecule has 1 aliphatic rings. The van der Waals surface area contributed by atoms with Crippen LogP contribution in [0.25, 0.3) is 32.9 Å². The molecule has 4 aromatic rings. The Morgan fingerprint density at radius 2 is 1.00 bits per heavy atom. The molecule has 1 saturated heterocycles. The highest BCUT2D eigenvalue weighted by molar-refractivity contribution is 8.05. The van der Waals surface area contributed by atoms with Gasteiger partial charge in [-0.2, -0.15) is 51.6 Å². The number of para-hydroxylation sites is 2. The molecule has 0 atom stereocenters. The monoisotopic (exact) mass is 551 g/mol. The van der Waals surface area contributed by atoms with E-state index in [1.165, 1.54) is 84.6 Å². The molecule has 0 unspecified atom stereocenters. The summed E-state index contributed by atoms with van der Waals surface area (Å²) in [5.74, 6) is 10.1. The van der Waals surface area contributed by atoms with E-state index in [0.717, 1.165) is 13.1 Å². The van der Waals surface area contributed by atoms with E-state index in [1.54, 1.807) is 0 Å². The second-order valence-corrected chi connectivity index (χ2v) is 13.9. The summed E-state index contributed by atoms with van der Waals surface area (Å²) in [6, 6.07) is 27.0. The van der Waals surface area contributed by atoms with Gasteiger partial charge in [0.25, 0.3) is 0 Å². The molecule has 2 heterocycles. The van der Waals surface area contributed by atoms with Gasteiger partial charge in [0, 0.05) is 82.5 Å². The zero-order valence-electron chi connectivity index (χ0n) is 21.0. The van der Waals surface area contributed by atoms with E-state index in [0.29, 0.717) is 0 Å². The van der Waals surface area contributed by atoms with Gasteiger partial charge in [-0.05, 0) is 29.8 Å². The molecular weight excluding hydrogens is 517 g/mol. The second-order valence-electron chi connectivity index (χ2n) is 8.95. The van der Waals surface area contributed by atoms with E-state index in [9.17, 15) is 0 Å². The van der Waals surface area contributed by atoms with Gasteiger partial charge in [-0.25, -0.2) is 0 Å². The molecule has 0 saturated carbocycles. The Bertz CT molecular complexity index is 1200. The van der Waals surface area contributed by atoms with Gasteiger partial charge < -0.3 is 4.90 Å². The minimum absolute atomic E-state index is 1.12. The number of aryl methyl sites for hydroxylation is 1. The van der Waals surface area contributed by atoms with Crippen LogP contribution in [0, 0.1) is 0 Å². The molecule has 3 aromatic carbocycles. The van der Waals surface area contributed by atoms with Gasteiger partial charge in [-0.1, -0.05) is 36.4 Å². The van der Waals surface area contributed by atoms with E-state index in [-0.39, 0.29) is 0 Å². The molecule has 6 heteroatoms. The summed E-state index contributed by atoms with van der Waals surface area (Å²) >= 11 is 8.46. The van der Waals surface area contributed by atoms with Crippen molar-refractivity contribution < 1.29 is 4.57 Å². The molecule has 0 bridgehead atoms. The van der Waals surface area contributed by atoms with Gasteiger partial charge in [0.05, 0.1) is 10.8 Å². The normalized spacial score (nSPS) is 17.1. The highest BCUT2D eigenvalue weighted by Crippen LogP contribution is 2.34. The summed E-state index contributed by atoms with van der Waals surface area (Å²) in [6.45, 7) is 2.24. The number of rotatable bonds is 2. The molecule has 0 radical (unpaired) electrons. The van der Waals surface area contributed by atoms with Crippen LogP contribution in [0.1, 0.15) is 0 Å². The van der Waals surface area contributed by atoms with Crippen molar-refractivity contribution in [2.75, 3.05) is 64.0 Å². The molecule has 36 heavy (non-hydrogen) atoms. The van der Waals surface area contributed by atoms with Crippen LogP contribution in [-0.4, -0.2) is 59.1 Å². The first-order chi connectivity index (χ1) is 17.8. The molecule has 2 nitrogen and oxygen atoms in total. The highest BCUT2D eigenvalue weighted by atomic mass is 32.2. The number of fused-ring (bicyclic) bond motifs is 2. The summed E-state index contributed by atoms with van der Waals surface area (Å²) < 4.78 is 2.32. The first-order valence-corrected chi connectivity index (χ1v) is 17.4. The lowest BCUT2D eigenvalue weighted by Gasteiger charge is -2.25. The van der Waals surface area contributed by atoms with Gasteiger partial charge in [0.2, 0.25) is 11.0 Å². The number of hydrogen-bond acceptors (Lipinski definition) is 5. The van der Waals surface area contributed by atoms with E-state index in [1.807, 2.05) is 0 Å². The minimum Gasteiger partial charge on any atom is -0.370 e. The molecule has 1 aliphatic heterocycles. The Labute approximate surface area is 233 Å². The summed E-state index contributed by atoms with van der Waals surface area (Å²) in [7, 11) is 2.17. The van der Waals surface area contributed by atoms with E-state index >= 15 is 0 Å². The first-order valence-electron chi connectivity index (χ1n) is 12.8. The number of benzene rings is 3. The van der Waals surface area contributed by atoms with E-state index in [2.05, 4.69) is 136 Å². The van der Waals surface area contributed by atoms with Crippen molar-refractivity contribution in [1.29, 1.82) is 0 Å². The van der Waals surface area contributed by atoms with Gasteiger partial charge in [-0.3, -0.25) is 0 Å². The van der Waals surface area contributed by atoms with Gasteiger partial charge >= 0.3 is 0 Å². The Balaban J connectivity index is 1.42. The third kappa shape index (κ3) is 6.32. The molecule has 5 rings (SSSR count). The average Bonchev–Trinajstić information content (AvgIpc) is 2.93. The van der Waals surface area contributed by atoms with Crippen molar-refractivity contribution in [3.8, 4) is 11.1 Å². The fourth-order valence-corrected chi connectivity index (χ4v) is 9.21. The molecule has 0 spiro atoms. The van der Waals surface area contributed by atoms with Gasteiger partial charge in [-0.15, -0.1) is 0 Å². The molecule has 188 valence electrons. The lowest BCUT2D eigenvalue weighted by molar-refractivity contribution is -0.617. The average molecular weight is 552 g/mol. The summed E-state index contributed by atoms with van der Waals surface area (Å²) in [4.78, 5) is 2.60. The molecule has 0 aliphatic carbocycles. The predicted molar refractivity (Wildman–Crippen MR) is 170 cm³/mol. The summed E-state index contributed by atoms with van der Waals surface area (Å²) in [5, 5.41) is 2.62. The topological polar surface area (TPSA) is 7.12 Å². The Morgan fingerprint density at radius 3 is 1.50 bits per heavy atom. The maximum atomic E-state index is 2.60. The van der Waals surface area contributed by atoms with Crippen molar-refractivity contribution in [3.63, 3.8) is 0 Å². The number of anilines is 1. The molecule has 0 N–H and O–H groups in total. The maximum absolute atomic E-state index is 2.60. The Morgan fingerprint density at radius 1 is 0.556 bits per heavy atom. The Hall–Kier alpha value is -1.47. The van der Waals surface area contributed by atoms with Crippen molar-refractivity contribution in [2.45, 2.75) is 0 Å². The number of nitrogens with zero attached hydrogens (tertiary/aromatic N) is 2. The summed E-state index contributed by atoms with van der Waals surface area (Å²) in [6.07, 6.45) is 0. The standard InChI is InChI=1S/C30H35N2S4/c1-31-28-8-4-2-6-26(28)30(27-7-3-5-9-29(27)31)24-10-12-25(13-11-24)32-14-16-33-18-20-35-22-23-36-21-19-34-17-15-32/h2-13H,14-23H2,1H3/q+1. The number of pyridine rings is 1. The lowest BCUT2D eigenvalue weighted by atomic mass is 9.95. The van der Waals surface area contributed by atoms with Crippen LogP contribution in [0.15, 0.2) is 72.8 Å². The van der Waals surface area contributed by atoms with Crippen LogP contribution in [0.3, 0.4) is 0 Å². The third-order valence-corrected chi connectivity index (χ3v) is 11.4. The SMILES string of the molecule is C[n+]1c2ccccc2c(-c2ccc(N3CCSCCSCCSCCSCC3)cc2)c2ccccc21. The lowest BCUT2D eigenvalue weighted by Crippen LogP contribution is -2.30. The fourth-order valence-electron chi connectivity index (χ4n) is 4.86. The number of thioether (sulfide) groups is 4. The Kier molecular flexibility index (Phi) is 9.71. The zero-order chi connectivity index (χ0) is 24.6. The van der Waals surface area contributed by atoms with Crippen molar-refractivity contribution in [2.24, 2.45) is 7.05 Å². The van der Waals surface area contributed by atoms with Crippen LogP contribution >= 0.6 is 47.0 Å². The summed E-state index contributed by atoms with van der Waals surface area (Å²) in [5.41, 5.74) is 6.52. The third-order valence-electron chi connectivity index (χ3n) is 6.72. The predicted octanol–water partition coefficient (Wildman–Crippen LogP) is 7.24. The van der Waals surface area contributed by atoms with Crippen LogP contribution < -0.4 is 9.47 Å². The number of aromatic nitrogens is 1. The first kappa shape index (κ1) is 26.1. The van der Waals surface area contributed by atoms with Crippen molar-refractivity contribution in [3.05, 3.63) is 72.8 Å². The van der Waals surface area contributed by atoms with Gasteiger partial charge in [0.1, 0.15) is 7.05 Å². The zero-order valence-corrected chi connectivity index (χ0v) is 24.3. The molecule has 0 amide bonds. The molecular formula is C30H35N2S4+. The number of hydrogen-bond donors (Lipinski definition) is 0. The van der Waals surface area contributed by atoms with Gasteiger partial charge in [0.15, 0.2) is 0 Å². The fraction of sp³-hybridized carbons (Fsp3) is 0.367. The van der Waals surface area contributed by atoms with Crippen LogP contribution in [0.5, 0.6) is 0 Å². The smallest absolute Gasteiger partial charge is 0.213 e. The van der Waals surface area contributed by atoms with Crippen molar-refractivity contribution in [1.82, 2.24) is 0 Å². The van der Waals surface area contributed by atoms with E-state index in [4.69, 9.17) is 0 Å². The molecule has 1 aromatic heterocycles. The highest BCUT2D eigenvalue weighted by Gasteiger charge is 2.18. The molecule has 1 fully saturated rings. The maximum Gasteiger partial charge on any atom is 0.213 e. The quantitative estimate of drug-likeness (QED) is 0.191. The second kappa shape index (κ2) is 13.4. The van der Waals surface area contributed by atoms with Crippen molar-refractivity contribution >= 4 is 74.5 Å². The van der Waals surface area contributed by atoms with Crippen LogP contribution in [0.2, 0.25) is 0 Å².